The predicted octanol–water partition coefficient (Wildman–Crippen LogP) is 4.29. The van der Waals surface area contributed by atoms with E-state index in [1.165, 1.54) is 0 Å². The van der Waals surface area contributed by atoms with E-state index in [1.807, 2.05) is 13.0 Å². The van der Waals surface area contributed by atoms with Gasteiger partial charge in [-0.3, -0.25) is 0 Å². The summed E-state index contributed by atoms with van der Waals surface area (Å²) in [6, 6.07) is 3.49. The SMILES string of the molecule is C#CC1c2cc(Cl)cc(Cl)c2OCC1C(=C)C. The summed E-state index contributed by atoms with van der Waals surface area (Å²) < 4.78 is 5.67. The van der Waals surface area contributed by atoms with Crippen molar-refractivity contribution in [1.29, 1.82) is 0 Å². The molecule has 0 N–H and O–H groups in total. The Kier molecular flexibility index (Phi) is 3.38. The lowest BCUT2D eigenvalue weighted by molar-refractivity contribution is 0.233. The molecular formula is C14H12Cl2O. The van der Waals surface area contributed by atoms with Gasteiger partial charge >= 0.3 is 0 Å². The van der Waals surface area contributed by atoms with Crippen LogP contribution in [0.15, 0.2) is 24.3 Å². The molecule has 0 radical (unpaired) electrons. The van der Waals surface area contributed by atoms with Crippen molar-refractivity contribution in [3.8, 4) is 18.1 Å². The van der Waals surface area contributed by atoms with Gasteiger partial charge in [-0.15, -0.1) is 6.42 Å². The van der Waals surface area contributed by atoms with E-state index < -0.39 is 0 Å². The summed E-state index contributed by atoms with van der Waals surface area (Å²) in [4.78, 5) is 0. The Morgan fingerprint density at radius 1 is 1.53 bits per heavy atom. The lowest BCUT2D eigenvalue weighted by atomic mass is 9.81. The van der Waals surface area contributed by atoms with Gasteiger partial charge < -0.3 is 4.74 Å². The standard InChI is InChI=1S/C14H12Cl2O/c1-4-10-11-5-9(15)6-13(16)14(11)17-7-12(10)8(2)3/h1,5-6,10,12H,2,7H2,3H3. The van der Waals surface area contributed by atoms with Crippen LogP contribution in [0.5, 0.6) is 5.75 Å². The van der Waals surface area contributed by atoms with Crippen LogP contribution in [-0.2, 0) is 0 Å². The Hall–Kier alpha value is -1.10. The molecule has 3 heteroatoms. The summed E-state index contributed by atoms with van der Waals surface area (Å²) in [5.74, 6) is 3.47. The van der Waals surface area contributed by atoms with Crippen LogP contribution in [-0.4, -0.2) is 6.61 Å². The van der Waals surface area contributed by atoms with Gasteiger partial charge in [0.2, 0.25) is 0 Å². The quantitative estimate of drug-likeness (QED) is 0.544. The molecule has 0 saturated carbocycles. The van der Waals surface area contributed by atoms with Crippen LogP contribution < -0.4 is 4.74 Å². The van der Waals surface area contributed by atoms with Gasteiger partial charge in [-0.2, -0.15) is 0 Å². The van der Waals surface area contributed by atoms with Gasteiger partial charge in [0, 0.05) is 16.5 Å². The van der Waals surface area contributed by atoms with Crippen molar-refractivity contribution in [1.82, 2.24) is 0 Å². The van der Waals surface area contributed by atoms with E-state index in [1.54, 1.807) is 6.07 Å². The number of hydrogen-bond donors (Lipinski definition) is 0. The summed E-state index contributed by atoms with van der Waals surface area (Å²) in [5, 5.41) is 1.08. The topological polar surface area (TPSA) is 9.23 Å². The number of ether oxygens (including phenoxy) is 1. The zero-order valence-electron chi connectivity index (χ0n) is 9.47. The van der Waals surface area contributed by atoms with Gasteiger partial charge in [0.1, 0.15) is 5.75 Å². The van der Waals surface area contributed by atoms with Crippen LogP contribution in [0.4, 0.5) is 0 Å². The Balaban J connectivity index is 2.56. The molecule has 1 aromatic carbocycles. The molecule has 0 fully saturated rings. The average molecular weight is 267 g/mol. The summed E-state index contributed by atoms with van der Waals surface area (Å²) in [5.41, 5.74) is 1.89. The van der Waals surface area contributed by atoms with E-state index in [0.717, 1.165) is 11.1 Å². The number of fused-ring (bicyclic) bond motifs is 1. The first-order valence-corrected chi connectivity index (χ1v) is 6.03. The summed E-state index contributed by atoms with van der Waals surface area (Å²) >= 11 is 12.1. The summed E-state index contributed by atoms with van der Waals surface area (Å²) in [6.07, 6.45) is 5.61. The third-order valence-corrected chi connectivity index (χ3v) is 3.49. The van der Waals surface area contributed by atoms with E-state index in [2.05, 4.69) is 12.5 Å². The molecule has 1 aliphatic heterocycles. The number of hydrogen-bond acceptors (Lipinski definition) is 1. The van der Waals surface area contributed by atoms with Gasteiger partial charge in [-0.05, 0) is 19.1 Å². The lowest BCUT2D eigenvalue weighted by Gasteiger charge is -2.31. The average Bonchev–Trinajstić information content (AvgIpc) is 2.26. The first-order valence-electron chi connectivity index (χ1n) is 5.28. The number of benzene rings is 1. The molecule has 1 nitrogen and oxygen atoms in total. The third kappa shape index (κ3) is 2.16. The highest BCUT2D eigenvalue weighted by Crippen LogP contribution is 2.44. The van der Waals surface area contributed by atoms with Gasteiger partial charge in [-0.25, -0.2) is 0 Å². The van der Waals surface area contributed by atoms with Gasteiger partial charge in [0.15, 0.2) is 0 Å². The zero-order valence-corrected chi connectivity index (χ0v) is 11.0. The van der Waals surface area contributed by atoms with Crippen molar-refractivity contribution in [3.05, 3.63) is 39.9 Å². The molecule has 2 rings (SSSR count). The van der Waals surface area contributed by atoms with Crippen molar-refractivity contribution >= 4 is 23.2 Å². The Morgan fingerprint density at radius 3 is 2.82 bits per heavy atom. The number of terminal acetylenes is 1. The molecule has 2 unspecified atom stereocenters. The maximum absolute atomic E-state index is 6.10. The molecular weight excluding hydrogens is 255 g/mol. The fourth-order valence-corrected chi connectivity index (χ4v) is 2.65. The number of rotatable bonds is 1. The Morgan fingerprint density at radius 2 is 2.24 bits per heavy atom. The Bertz CT molecular complexity index is 514. The highest BCUT2D eigenvalue weighted by atomic mass is 35.5. The molecule has 17 heavy (non-hydrogen) atoms. The second kappa shape index (κ2) is 4.64. The molecule has 0 amide bonds. The maximum atomic E-state index is 6.10. The highest BCUT2D eigenvalue weighted by Gasteiger charge is 2.31. The van der Waals surface area contributed by atoms with Crippen molar-refractivity contribution < 1.29 is 4.74 Å². The maximum Gasteiger partial charge on any atom is 0.142 e. The molecule has 0 aliphatic carbocycles. The minimum absolute atomic E-state index is 0.0764. The minimum Gasteiger partial charge on any atom is -0.491 e. The third-order valence-electron chi connectivity index (χ3n) is 2.99. The molecule has 1 aromatic rings. The molecule has 0 saturated heterocycles. The summed E-state index contributed by atoms with van der Waals surface area (Å²) in [7, 11) is 0. The van der Waals surface area contributed by atoms with Gasteiger partial charge in [-0.1, -0.05) is 41.3 Å². The van der Waals surface area contributed by atoms with Crippen LogP contribution in [0.3, 0.4) is 0 Å². The molecule has 88 valence electrons. The first-order chi connectivity index (χ1) is 8.04. The largest absolute Gasteiger partial charge is 0.491 e. The molecule has 1 aliphatic rings. The second-order valence-electron chi connectivity index (χ2n) is 4.21. The van der Waals surface area contributed by atoms with Crippen molar-refractivity contribution in [2.45, 2.75) is 12.8 Å². The van der Waals surface area contributed by atoms with Crippen LogP contribution in [0, 0.1) is 18.3 Å². The van der Waals surface area contributed by atoms with Crippen LogP contribution in [0.25, 0.3) is 0 Å². The normalized spacial score (nSPS) is 22.2. The number of halogens is 2. The van der Waals surface area contributed by atoms with E-state index in [0.29, 0.717) is 22.4 Å². The van der Waals surface area contributed by atoms with E-state index in [4.69, 9.17) is 34.4 Å². The minimum atomic E-state index is -0.0764. The lowest BCUT2D eigenvalue weighted by Crippen LogP contribution is -2.26. The highest BCUT2D eigenvalue weighted by molar-refractivity contribution is 6.35. The fraction of sp³-hybridized carbons (Fsp3) is 0.286. The van der Waals surface area contributed by atoms with Crippen LogP contribution in [0.1, 0.15) is 18.4 Å². The molecule has 0 spiro atoms. The molecule has 1 heterocycles. The smallest absolute Gasteiger partial charge is 0.142 e. The molecule has 0 aromatic heterocycles. The van der Waals surface area contributed by atoms with Crippen molar-refractivity contribution in [3.63, 3.8) is 0 Å². The molecule has 0 bridgehead atoms. The Labute approximate surface area is 111 Å². The van der Waals surface area contributed by atoms with E-state index in [-0.39, 0.29) is 11.8 Å². The van der Waals surface area contributed by atoms with Crippen molar-refractivity contribution in [2.75, 3.05) is 6.61 Å². The van der Waals surface area contributed by atoms with Gasteiger partial charge in [0.05, 0.1) is 17.5 Å². The van der Waals surface area contributed by atoms with Crippen LogP contribution in [0.2, 0.25) is 10.0 Å². The van der Waals surface area contributed by atoms with E-state index in [9.17, 15) is 0 Å². The van der Waals surface area contributed by atoms with Crippen molar-refractivity contribution in [2.24, 2.45) is 5.92 Å². The fourth-order valence-electron chi connectivity index (χ4n) is 2.08. The monoisotopic (exact) mass is 266 g/mol. The molecule has 2 atom stereocenters. The zero-order chi connectivity index (χ0) is 12.6. The second-order valence-corrected chi connectivity index (χ2v) is 5.06. The van der Waals surface area contributed by atoms with E-state index >= 15 is 0 Å². The van der Waals surface area contributed by atoms with Crippen LogP contribution >= 0.6 is 23.2 Å². The predicted molar refractivity (Wildman–Crippen MR) is 71.8 cm³/mol. The first kappa shape index (κ1) is 12.4. The van der Waals surface area contributed by atoms with Gasteiger partial charge in [0.25, 0.3) is 0 Å². The summed E-state index contributed by atoms with van der Waals surface area (Å²) in [6.45, 7) is 6.42.